The molecule has 0 amide bonds. The minimum absolute atomic E-state index is 0.00836. The van der Waals surface area contributed by atoms with Gasteiger partial charge in [0.2, 0.25) is 0 Å². The van der Waals surface area contributed by atoms with Gasteiger partial charge in [-0.3, -0.25) is 4.98 Å². The minimum atomic E-state index is 0.00836. The Hall–Kier alpha value is -1.76. The average Bonchev–Trinajstić information content (AvgIpc) is 3.25. The molecule has 1 fully saturated rings. The highest BCUT2D eigenvalue weighted by atomic mass is 79.9. The molecule has 3 heterocycles. The molecule has 1 aliphatic rings. The first-order valence-electron chi connectivity index (χ1n) is 8.90. The van der Waals surface area contributed by atoms with E-state index in [-0.39, 0.29) is 12.1 Å². The van der Waals surface area contributed by atoms with Crippen molar-refractivity contribution in [3.63, 3.8) is 0 Å². The van der Waals surface area contributed by atoms with Crippen molar-refractivity contribution in [2.75, 3.05) is 4.90 Å². The van der Waals surface area contributed by atoms with Gasteiger partial charge in [0.05, 0.1) is 21.6 Å². The van der Waals surface area contributed by atoms with Crippen molar-refractivity contribution in [1.82, 2.24) is 10.3 Å². The fourth-order valence-corrected chi connectivity index (χ4v) is 5.33. The number of benzene rings is 1. The van der Waals surface area contributed by atoms with Crippen molar-refractivity contribution in [3.05, 3.63) is 80.7 Å². The Morgan fingerprint density at radius 3 is 2.48 bits per heavy atom. The van der Waals surface area contributed by atoms with Crippen LogP contribution in [-0.4, -0.2) is 10.1 Å². The second kappa shape index (κ2) is 7.70. The molecule has 0 bridgehead atoms. The van der Waals surface area contributed by atoms with E-state index in [2.05, 4.69) is 87.4 Å². The third-order valence-corrected chi connectivity index (χ3v) is 6.83. The standard InChI is InChI=1S/C21H20BrN3S2/c1-13(2)14-6-8-15(9-7-14)25-20(17-10-11-18(22)27-17)19(24-21(25)26)16-5-3-4-12-23-16/h3-13,19-20H,1-2H3,(H,24,26)/t19-,20+/m0/s1. The van der Waals surface area contributed by atoms with Gasteiger partial charge in [-0.15, -0.1) is 11.3 Å². The van der Waals surface area contributed by atoms with Crippen LogP contribution < -0.4 is 10.2 Å². The predicted octanol–water partition coefficient (Wildman–Crippen LogP) is 6.21. The molecular weight excluding hydrogens is 438 g/mol. The molecule has 3 aromatic rings. The van der Waals surface area contributed by atoms with Crippen molar-refractivity contribution in [3.8, 4) is 0 Å². The summed E-state index contributed by atoms with van der Waals surface area (Å²) >= 11 is 11.1. The minimum Gasteiger partial charge on any atom is -0.351 e. The summed E-state index contributed by atoms with van der Waals surface area (Å²) in [7, 11) is 0. The van der Waals surface area contributed by atoms with Gasteiger partial charge in [0.25, 0.3) is 0 Å². The number of pyridine rings is 1. The van der Waals surface area contributed by atoms with Crippen molar-refractivity contribution >= 4 is 50.3 Å². The molecule has 138 valence electrons. The Bertz CT molecular complexity index is 938. The molecule has 2 atom stereocenters. The molecule has 1 aromatic carbocycles. The van der Waals surface area contributed by atoms with Crippen LogP contribution in [0.3, 0.4) is 0 Å². The van der Waals surface area contributed by atoms with E-state index in [0.29, 0.717) is 5.92 Å². The number of anilines is 1. The Kier molecular flexibility index (Phi) is 5.30. The number of nitrogens with zero attached hydrogens (tertiary/aromatic N) is 2. The van der Waals surface area contributed by atoms with E-state index < -0.39 is 0 Å². The molecule has 0 unspecified atom stereocenters. The molecule has 0 aliphatic carbocycles. The van der Waals surface area contributed by atoms with E-state index in [1.54, 1.807) is 11.3 Å². The summed E-state index contributed by atoms with van der Waals surface area (Å²) in [6.45, 7) is 4.42. The second-order valence-electron chi connectivity index (χ2n) is 6.88. The van der Waals surface area contributed by atoms with Crippen LogP contribution in [0.2, 0.25) is 0 Å². The third kappa shape index (κ3) is 3.66. The van der Waals surface area contributed by atoms with E-state index in [1.165, 1.54) is 10.4 Å². The molecule has 0 radical (unpaired) electrons. The van der Waals surface area contributed by atoms with Crippen LogP contribution in [0.25, 0.3) is 0 Å². The van der Waals surface area contributed by atoms with Crippen LogP contribution in [0.15, 0.2) is 64.6 Å². The first kappa shape index (κ1) is 18.6. The van der Waals surface area contributed by atoms with Crippen molar-refractivity contribution < 1.29 is 0 Å². The van der Waals surface area contributed by atoms with E-state index >= 15 is 0 Å². The highest BCUT2D eigenvalue weighted by Gasteiger charge is 2.41. The largest absolute Gasteiger partial charge is 0.351 e. The van der Waals surface area contributed by atoms with Gasteiger partial charge in [-0.1, -0.05) is 32.0 Å². The summed E-state index contributed by atoms with van der Waals surface area (Å²) in [5, 5.41) is 4.23. The fraction of sp³-hybridized carbons (Fsp3) is 0.238. The monoisotopic (exact) mass is 457 g/mol. The number of rotatable bonds is 4. The van der Waals surface area contributed by atoms with Crippen LogP contribution in [0.4, 0.5) is 5.69 Å². The lowest BCUT2D eigenvalue weighted by atomic mass is 10.0. The van der Waals surface area contributed by atoms with Crippen molar-refractivity contribution in [1.29, 1.82) is 0 Å². The average molecular weight is 458 g/mol. The number of hydrogen-bond donors (Lipinski definition) is 1. The number of thiocarbonyl (C=S) groups is 1. The molecular formula is C21H20BrN3S2. The van der Waals surface area contributed by atoms with Gasteiger partial charge in [-0.2, -0.15) is 0 Å². The van der Waals surface area contributed by atoms with E-state index in [0.717, 1.165) is 20.3 Å². The molecule has 6 heteroatoms. The molecule has 1 aliphatic heterocycles. The summed E-state index contributed by atoms with van der Waals surface area (Å²) in [4.78, 5) is 8.05. The van der Waals surface area contributed by atoms with E-state index in [9.17, 15) is 0 Å². The van der Waals surface area contributed by atoms with Gasteiger partial charge in [-0.25, -0.2) is 0 Å². The highest BCUT2D eigenvalue weighted by molar-refractivity contribution is 9.11. The topological polar surface area (TPSA) is 28.2 Å². The maximum atomic E-state index is 5.75. The molecule has 3 nitrogen and oxygen atoms in total. The number of halogens is 1. The SMILES string of the molecule is CC(C)c1ccc(N2C(=S)N[C@@H](c3ccccn3)[C@H]2c2ccc(Br)s2)cc1. The molecule has 27 heavy (non-hydrogen) atoms. The second-order valence-corrected chi connectivity index (χ2v) is 9.77. The molecule has 1 saturated heterocycles. The van der Waals surface area contributed by atoms with Crippen LogP contribution in [0.5, 0.6) is 0 Å². The normalized spacial score (nSPS) is 19.6. The quantitative estimate of drug-likeness (QED) is 0.471. The summed E-state index contributed by atoms with van der Waals surface area (Å²) in [6, 6.07) is 19.1. The number of nitrogens with one attached hydrogen (secondary N) is 1. The van der Waals surface area contributed by atoms with Gasteiger partial charge in [0.1, 0.15) is 0 Å². The molecule has 1 N–H and O–H groups in total. The molecule has 2 aromatic heterocycles. The lowest BCUT2D eigenvalue weighted by molar-refractivity contribution is 0.575. The van der Waals surface area contributed by atoms with Gasteiger partial charge in [0, 0.05) is 16.8 Å². The summed E-state index contributed by atoms with van der Waals surface area (Å²) < 4.78 is 1.12. The van der Waals surface area contributed by atoms with Gasteiger partial charge < -0.3 is 10.2 Å². The van der Waals surface area contributed by atoms with Gasteiger partial charge >= 0.3 is 0 Å². The maximum absolute atomic E-state index is 5.75. The molecule has 0 saturated carbocycles. The van der Waals surface area contributed by atoms with Gasteiger partial charge in [-0.05, 0) is 76.0 Å². The van der Waals surface area contributed by atoms with Gasteiger partial charge in [0.15, 0.2) is 5.11 Å². The Morgan fingerprint density at radius 2 is 1.89 bits per heavy atom. The number of thiophene rings is 1. The number of hydrogen-bond acceptors (Lipinski definition) is 3. The van der Waals surface area contributed by atoms with E-state index in [1.807, 2.05) is 18.3 Å². The van der Waals surface area contributed by atoms with Crippen molar-refractivity contribution in [2.45, 2.75) is 31.8 Å². The lowest BCUT2D eigenvalue weighted by Gasteiger charge is -2.27. The summed E-state index contributed by atoms with van der Waals surface area (Å²) in [5.41, 5.74) is 3.43. The van der Waals surface area contributed by atoms with Crippen LogP contribution in [0, 0.1) is 0 Å². The van der Waals surface area contributed by atoms with Crippen LogP contribution in [-0.2, 0) is 0 Å². The predicted molar refractivity (Wildman–Crippen MR) is 120 cm³/mol. The van der Waals surface area contributed by atoms with E-state index in [4.69, 9.17) is 12.2 Å². The zero-order valence-corrected chi connectivity index (χ0v) is 18.3. The first-order valence-corrected chi connectivity index (χ1v) is 10.9. The fourth-order valence-electron chi connectivity index (χ4n) is 3.43. The van der Waals surface area contributed by atoms with Crippen LogP contribution >= 0.6 is 39.5 Å². The smallest absolute Gasteiger partial charge is 0.174 e. The highest BCUT2D eigenvalue weighted by Crippen LogP contribution is 2.44. The third-order valence-electron chi connectivity index (χ3n) is 4.82. The van der Waals surface area contributed by atoms with Crippen LogP contribution in [0.1, 0.15) is 48.0 Å². The molecule has 4 rings (SSSR count). The summed E-state index contributed by atoms with van der Waals surface area (Å²) in [6.07, 6.45) is 1.83. The zero-order valence-electron chi connectivity index (χ0n) is 15.1. The number of aromatic nitrogens is 1. The Balaban J connectivity index is 1.78. The molecule has 0 spiro atoms. The Labute approximate surface area is 177 Å². The summed E-state index contributed by atoms with van der Waals surface area (Å²) in [5.74, 6) is 0.507. The Morgan fingerprint density at radius 1 is 1.11 bits per heavy atom. The maximum Gasteiger partial charge on any atom is 0.174 e. The lowest BCUT2D eigenvalue weighted by Crippen LogP contribution is -2.29. The zero-order chi connectivity index (χ0) is 19.0. The van der Waals surface area contributed by atoms with Crippen molar-refractivity contribution in [2.24, 2.45) is 0 Å². The first-order chi connectivity index (χ1) is 13.0.